The van der Waals surface area contributed by atoms with Crippen LogP contribution in [0.15, 0.2) is 24.3 Å². The predicted octanol–water partition coefficient (Wildman–Crippen LogP) is 2.20. The summed E-state index contributed by atoms with van der Waals surface area (Å²) in [5.74, 6) is -1.33. The summed E-state index contributed by atoms with van der Waals surface area (Å²) in [5.41, 5.74) is 1.50. The molecule has 0 aliphatic heterocycles. The number of nitrogens with one attached hydrogen (secondary N) is 2. The minimum absolute atomic E-state index is 0.0748. The molecule has 1 aromatic carbocycles. The number of hydrogen-bond donors (Lipinski definition) is 3. The Balaban J connectivity index is 2.71. The molecule has 5 nitrogen and oxygen atoms in total. The van der Waals surface area contributed by atoms with E-state index in [1.54, 1.807) is 6.07 Å². The van der Waals surface area contributed by atoms with Gasteiger partial charge >= 0.3 is 11.8 Å². The normalized spacial score (nSPS) is 12.6. The number of carbonyl (C=O) groups is 2. The highest BCUT2D eigenvalue weighted by molar-refractivity contribution is 6.39. The van der Waals surface area contributed by atoms with Crippen LogP contribution in [0.25, 0.3) is 0 Å². The van der Waals surface area contributed by atoms with Crippen molar-refractivity contribution < 1.29 is 14.7 Å². The fourth-order valence-electron chi connectivity index (χ4n) is 2.18. The van der Waals surface area contributed by atoms with Crippen LogP contribution in [0.4, 0.5) is 5.69 Å². The lowest BCUT2D eigenvalue weighted by atomic mass is 9.86. The first kappa shape index (κ1) is 18.2. The zero-order chi connectivity index (χ0) is 16.8. The summed E-state index contributed by atoms with van der Waals surface area (Å²) in [6.45, 7) is 8.04. The number of hydrogen-bond acceptors (Lipinski definition) is 3. The van der Waals surface area contributed by atoms with Crippen LogP contribution in [0, 0.1) is 0 Å². The standard InChI is InChI=1S/C17H26N2O3/c1-12(8-7-11-20)18-15(21)16(22)19-14-10-6-5-9-13(14)17(2,3)4/h5-6,9-10,12,20H,7-8,11H2,1-4H3,(H,18,21)(H,19,22). The van der Waals surface area contributed by atoms with Crippen molar-refractivity contribution in [3.63, 3.8) is 0 Å². The largest absolute Gasteiger partial charge is 0.396 e. The van der Waals surface area contributed by atoms with Crippen LogP contribution in [-0.4, -0.2) is 29.6 Å². The van der Waals surface area contributed by atoms with E-state index in [4.69, 9.17) is 5.11 Å². The zero-order valence-corrected chi connectivity index (χ0v) is 13.8. The summed E-state index contributed by atoms with van der Waals surface area (Å²) in [4.78, 5) is 23.9. The minimum Gasteiger partial charge on any atom is -0.396 e. The molecule has 0 saturated heterocycles. The quantitative estimate of drug-likeness (QED) is 0.730. The summed E-state index contributed by atoms with van der Waals surface area (Å²) in [6.07, 6.45) is 1.23. The van der Waals surface area contributed by atoms with E-state index in [0.29, 0.717) is 18.5 Å². The molecule has 22 heavy (non-hydrogen) atoms. The van der Waals surface area contributed by atoms with E-state index >= 15 is 0 Å². The molecule has 0 aromatic heterocycles. The summed E-state index contributed by atoms with van der Waals surface area (Å²) >= 11 is 0. The number of benzene rings is 1. The molecule has 2 amide bonds. The van der Waals surface area contributed by atoms with E-state index in [9.17, 15) is 9.59 Å². The molecule has 0 saturated carbocycles. The summed E-state index contributed by atoms with van der Waals surface area (Å²) in [6, 6.07) is 7.32. The number of aliphatic hydroxyl groups excluding tert-OH is 1. The molecule has 0 aliphatic carbocycles. The first-order valence-electron chi connectivity index (χ1n) is 7.58. The van der Waals surface area contributed by atoms with Crippen molar-refractivity contribution in [2.75, 3.05) is 11.9 Å². The van der Waals surface area contributed by atoms with Gasteiger partial charge in [0.25, 0.3) is 0 Å². The van der Waals surface area contributed by atoms with E-state index in [-0.39, 0.29) is 18.1 Å². The van der Waals surface area contributed by atoms with Crippen molar-refractivity contribution in [1.29, 1.82) is 0 Å². The highest BCUT2D eigenvalue weighted by Crippen LogP contribution is 2.29. The second kappa shape index (κ2) is 7.94. The number of aliphatic hydroxyl groups is 1. The third kappa shape index (κ3) is 5.48. The van der Waals surface area contributed by atoms with Gasteiger partial charge in [0.05, 0.1) is 0 Å². The van der Waals surface area contributed by atoms with E-state index in [0.717, 1.165) is 5.56 Å². The van der Waals surface area contributed by atoms with Gasteiger partial charge in [0.2, 0.25) is 0 Å². The van der Waals surface area contributed by atoms with Gasteiger partial charge in [-0.3, -0.25) is 9.59 Å². The maximum atomic E-state index is 12.0. The fraction of sp³-hybridized carbons (Fsp3) is 0.529. The molecule has 0 aliphatic rings. The topological polar surface area (TPSA) is 78.4 Å². The third-order valence-electron chi connectivity index (χ3n) is 3.36. The Labute approximate surface area is 132 Å². The molecule has 122 valence electrons. The Morgan fingerprint density at radius 3 is 2.41 bits per heavy atom. The molecule has 1 rings (SSSR count). The third-order valence-corrected chi connectivity index (χ3v) is 3.36. The Kier molecular flexibility index (Phi) is 6.56. The number of rotatable bonds is 5. The molecule has 1 unspecified atom stereocenters. The highest BCUT2D eigenvalue weighted by Gasteiger charge is 2.21. The van der Waals surface area contributed by atoms with Crippen LogP contribution < -0.4 is 10.6 Å². The zero-order valence-electron chi connectivity index (χ0n) is 13.8. The van der Waals surface area contributed by atoms with Crippen LogP contribution in [-0.2, 0) is 15.0 Å². The van der Waals surface area contributed by atoms with Crippen LogP contribution in [0.5, 0.6) is 0 Å². The molecule has 0 fully saturated rings. The number of anilines is 1. The SMILES string of the molecule is CC(CCCO)NC(=O)C(=O)Nc1ccccc1C(C)(C)C. The van der Waals surface area contributed by atoms with Gasteiger partial charge in [-0.1, -0.05) is 39.0 Å². The fourth-order valence-corrected chi connectivity index (χ4v) is 2.18. The van der Waals surface area contributed by atoms with E-state index in [1.807, 2.05) is 25.1 Å². The van der Waals surface area contributed by atoms with Gasteiger partial charge in [-0.15, -0.1) is 0 Å². The van der Waals surface area contributed by atoms with Gasteiger partial charge in [-0.05, 0) is 36.8 Å². The van der Waals surface area contributed by atoms with Crippen LogP contribution in [0.3, 0.4) is 0 Å². The van der Waals surface area contributed by atoms with E-state index < -0.39 is 11.8 Å². The van der Waals surface area contributed by atoms with Crippen LogP contribution in [0.1, 0.15) is 46.1 Å². The van der Waals surface area contributed by atoms with Crippen LogP contribution in [0.2, 0.25) is 0 Å². The molecule has 0 spiro atoms. The monoisotopic (exact) mass is 306 g/mol. The maximum absolute atomic E-state index is 12.0. The summed E-state index contributed by atoms with van der Waals surface area (Å²) in [7, 11) is 0. The van der Waals surface area contributed by atoms with Crippen LogP contribution >= 0.6 is 0 Å². The lowest BCUT2D eigenvalue weighted by molar-refractivity contribution is -0.136. The molecule has 3 N–H and O–H groups in total. The molecule has 5 heteroatoms. The second-order valence-electron chi connectivity index (χ2n) is 6.49. The minimum atomic E-state index is -0.674. The second-order valence-corrected chi connectivity index (χ2v) is 6.49. The summed E-state index contributed by atoms with van der Waals surface area (Å²) in [5, 5.41) is 14.1. The van der Waals surface area contributed by atoms with Gasteiger partial charge in [-0.25, -0.2) is 0 Å². The number of carbonyl (C=O) groups excluding carboxylic acids is 2. The summed E-state index contributed by atoms with van der Waals surface area (Å²) < 4.78 is 0. The highest BCUT2D eigenvalue weighted by atomic mass is 16.3. The van der Waals surface area contributed by atoms with E-state index in [1.165, 1.54) is 0 Å². The molecule has 1 atom stereocenters. The predicted molar refractivity (Wildman–Crippen MR) is 87.7 cm³/mol. The molecular weight excluding hydrogens is 280 g/mol. The van der Waals surface area contributed by atoms with Gasteiger partial charge in [0.1, 0.15) is 0 Å². The Hall–Kier alpha value is -1.88. The van der Waals surface area contributed by atoms with E-state index in [2.05, 4.69) is 31.4 Å². The van der Waals surface area contributed by atoms with Crippen molar-refractivity contribution >= 4 is 17.5 Å². The molecular formula is C17H26N2O3. The molecule has 0 bridgehead atoms. The van der Waals surface area contributed by atoms with Crippen molar-refractivity contribution in [2.45, 2.75) is 52.0 Å². The van der Waals surface area contributed by atoms with Crippen molar-refractivity contribution in [3.05, 3.63) is 29.8 Å². The Bertz CT molecular complexity index is 521. The lowest BCUT2D eigenvalue weighted by Crippen LogP contribution is -2.40. The number of para-hydroxylation sites is 1. The first-order valence-corrected chi connectivity index (χ1v) is 7.58. The molecule has 0 heterocycles. The lowest BCUT2D eigenvalue weighted by Gasteiger charge is -2.23. The molecule has 1 aromatic rings. The van der Waals surface area contributed by atoms with Gasteiger partial charge in [0.15, 0.2) is 0 Å². The van der Waals surface area contributed by atoms with Gasteiger partial charge in [-0.2, -0.15) is 0 Å². The average Bonchev–Trinajstić information content (AvgIpc) is 2.44. The van der Waals surface area contributed by atoms with Crippen molar-refractivity contribution in [1.82, 2.24) is 5.32 Å². The smallest absolute Gasteiger partial charge is 0.313 e. The molecule has 0 radical (unpaired) electrons. The average molecular weight is 306 g/mol. The maximum Gasteiger partial charge on any atom is 0.313 e. The first-order chi connectivity index (χ1) is 10.3. The van der Waals surface area contributed by atoms with Gasteiger partial charge < -0.3 is 15.7 Å². The van der Waals surface area contributed by atoms with Crippen molar-refractivity contribution in [3.8, 4) is 0 Å². The Morgan fingerprint density at radius 1 is 1.18 bits per heavy atom. The van der Waals surface area contributed by atoms with Gasteiger partial charge in [0, 0.05) is 18.3 Å². The van der Waals surface area contributed by atoms with Crippen molar-refractivity contribution in [2.24, 2.45) is 0 Å². The number of amides is 2. The Morgan fingerprint density at radius 2 is 1.82 bits per heavy atom.